The zero-order valence-electron chi connectivity index (χ0n) is 9.51. The van der Waals surface area contributed by atoms with Crippen molar-refractivity contribution in [1.29, 1.82) is 0 Å². The Morgan fingerprint density at radius 2 is 2.06 bits per heavy atom. The van der Waals surface area contributed by atoms with Crippen LogP contribution in [0.4, 0.5) is 4.39 Å². The summed E-state index contributed by atoms with van der Waals surface area (Å²) in [5.74, 6) is -0.684. The van der Waals surface area contributed by atoms with E-state index in [0.29, 0.717) is 5.69 Å². The molecule has 0 bridgehead atoms. The lowest BCUT2D eigenvalue weighted by Gasteiger charge is -2.01. The van der Waals surface area contributed by atoms with Crippen LogP contribution in [-0.2, 0) is 0 Å². The maximum atomic E-state index is 12.8. The molecule has 2 N–H and O–H groups in total. The van der Waals surface area contributed by atoms with Crippen molar-refractivity contribution >= 4 is 5.91 Å². The first-order valence-corrected chi connectivity index (χ1v) is 5.41. The lowest BCUT2D eigenvalue weighted by atomic mass is 10.3. The van der Waals surface area contributed by atoms with Crippen LogP contribution in [0.25, 0.3) is 5.69 Å². The van der Waals surface area contributed by atoms with Gasteiger partial charge in [-0.2, -0.15) is 5.10 Å². The highest BCUT2D eigenvalue weighted by atomic mass is 19.1. The van der Waals surface area contributed by atoms with Crippen molar-refractivity contribution in [3.05, 3.63) is 48.0 Å². The molecule has 0 saturated heterocycles. The summed E-state index contributed by atoms with van der Waals surface area (Å²) in [6.07, 6.45) is 1.61. The zero-order valence-corrected chi connectivity index (χ0v) is 9.51. The predicted octanol–water partition coefficient (Wildman–Crippen LogP) is 0.733. The number of aromatic nitrogens is 2. The Balaban J connectivity index is 2.15. The van der Waals surface area contributed by atoms with Crippen LogP contribution in [0.15, 0.2) is 36.5 Å². The highest BCUT2D eigenvalue weighted by molar-refractivity contribution is 5.92. The molecular formula is C12H12FN3O2. The van der Waals surface area contributed by atoms with Crippen LogP contribution in [-0.4, -0.2) is 33.9 Å². The molecule has 0 fully saturated rings. The summed E-state index contributed by atoms with van der Waals surface area (Å²) in [6, 6.07) is 7.33. The summed E-state index contributed by atoms with van der Waals surface area (Å²) < 4.78 is 14.2. The Bertz CT molecular complexity index is 537. The third-order valence-corrected chi connectivity index (χ3v) is 2.31. The van der Waals surface area contributed by atoms with E-state index in [9.17, 15) is 9.18 Å². The van der Waals surface area contributed by atoms with Crippen LogP contribution in [0.5, 0.6) is 0 Å². The maximum absolute atomic E-state index is 12.8. The van der Waals surface area contributed by atoms with Crippen molar-refractivity contribution in [2.45, 2.75) is 0 Å². The monoisotopic (exact) mass is 249 g/mol. The van der Waals surface area contributed by atoms with Gasteiger partial charge in [-0.15, -0.1) is 0 Å². The van der Waals surface area contributed by atoms with Crippen LogP contribution in [0.1, 0.15) is 10.5 Å². The Kier molecular flexibility index (Phi) is 3.69. The van der Waals surface area contributed by atoms with E-state index in [1.807, 2.05) is 0 Å². The standard InChI is InChI=1S/C12H12FN3O2/c13-9-1-3-10(4-2-9)16-7-5-11(15-16)12(18)14-6-8-17/h1-5,7,17H,6,8H2,(H,14,18). The first-order chi connectivity index (χ1) is 8.70. The fourth-order valence-corrected chi connectivity index (χ4v) is 1.44. The number of carbonyl (C=O) groups is 1. The predicted molar refractivity (Wildman–Crippen MR) is 62.9 cm³/mol. The fourth-order valence-electron chi connectivity index (χ4n) is 1.44. The first-order valence-electron chi connectivity index (χ1n) is 5.41. The van der Waals surface area contributed by atoms with Crippen LogP contribution < -0.4 is 5.32 Å². The van der Waals surface area contributed by atoms with Gasteiger partial charge in [0.05, 0.1) is 12.3 Å². The topological polar surface area (TPSA) is 67.2 Å². The van der Waals surface area contributed by atoms with Crippen molar-refractivity contribution < 1.29 is 14.3 Å². The Labute approximate surface area is 103 Å². The van der Waals surface area contributed by atoms with E-state index in [1.165, 1.54) is 16.8 Å². The fraction of sp³-hybridized carbons (Fsp3) is 0.167. The number of halogens is 1. The number of rotatable bonds is 4. The molecule has 94 valence electrons. The molecule has 1 aromatic carbocycles. The lowest BCUT2D eigenvalue weighted by molar-refractivity contribution is 0.0939. The molecule has 1 aromatic heterocycles. The Morgan fingerprint density at radius 3 is 2.72 bits per heavy atom. The number of aliphatic hydroxyl groups excluding tert-OH is 1. The van der Waals surface area contributed by atoms with E-state index in [2.05, 4.69) is 10.4 Å². The minimum Gasteiger partial charge on any atom is -0.395 e. The van der Waals surface area contributed by atoms with E-state index in [0.717, 1.165) is 0 Å². The Hall–Kier alpha value is -2.21. The number of hydrogen-bond donors (Lipinski definition) is 2. The SMILES string of the molecule is O=C(NCCO)c1ccn(-c2ccc(F)cc2)n1. The van der Waals surface area contributed by atoms with E-state index in [-0.39, 0.29) is 30.6 Å². The quantitative estimate of drug-likeness (QED) is 0.839. The number of hydrogen-bond acceptors (Lipinski definition) is 3. The summed E-state index contributed by atoms with van der Waals surface area (Å²) in [5, 5.41) is 15.2. The van der Waals surface area contributed by atoms with Gasteiger partial charge in [-0.3, -0.25) is 4.79 Å². The molecule has 0 spiro atoms. The molecule has 1 amide bonds. The van der Waals surface area contributed by atoms with Gasteiger partial charge in [0.15, 0.2) is 5.69 Å². The van der Waals surface area contributed by atoms with Crippen molar-refractivity contribution in [3.8, 4) is 5.69 Å². The zero-order chi connectivity index (χ0) is 13.0. The second-order valence-electron chi connectivity index (χ2n) is 3.60. The number of benzene rings is 1. The van der Waals surface area contributed by atoms with E-state index < -0.39 is 0 Å². The number of aliphatic hydroxyl groups is 1. The highest BCUT2D eigenvalue weighted by Gasteiger charge is 2.09. The molecule has 0 radical (unpaired) electrons. The van der Waals surface area contributed by atoms with E-state index in [1.54, 1.807) is 24.4 Å². The molecule has 0 aliphatic heterocycles. The maximum Gasteiger partial charge on any atom is 0.271 e. The number of amides is 1. The van der Waals surface area contributed by atoms with Gasteiger partial charge < -0.3 is 10.4 Å². The second-order valence-corrected chi connectivity index (χ2v) is 3.60. The van der Waals surface area contributed by atoms with Gasteiger partial charge in [0, 0.05) is 12.7 Å². The van der Waals surface area contributed by atoms with Crippen molar-refractivity contribution in [1.82, 2.24) is 15.1 Å². The van der Waals surface area contributed by atoms with Gasteiger partial charge in [-0.05, 0) is 30.3 Å². The van der Waals surface area contributed by atoms with Crippen LogP contribution >= 0.6 is 0 Å². The molecular weight excluding hydrogens is 237 g/mol. The van der Waals surface area contributed by atoms with Gasteiger partial charge in [0.2, 0.25) is 0 Å². The first kappa shape index (κ1) is 12.3. The molecule has 0 unspecified atom stereocenters. The summed E-state index contributed by atoms with van der Waals surface area (Å²) in [4.78, 5) is 11.5. The molecule has 6 heteroatoms. The molecule has 2 rings (SSSR count). The third kappa shape index (κ3) is 2.72. The van der Waals surface area contributed by atoms with Crippen LogP contribution in [0.2, 0.25) is 0 Å². The van der Waals surface area contributed by atoms with Gasteiger partial charge in [-0.1, -0.05) is 0 Å². The lowest BCUT2D eigenvalue weighted by Crippen LogP contribution is -2.26. The highest BCUT2D eigenvalue weighted by Crippen LogP contribution is 2.08. The van der Waals surface area contributed by atoms with Gasteiger partial charge >= 0.3 is 0 Å². The van der Waals surface area contributed by atoms with Gasteiger partial charge in [0.1, 0.15) is 5.82 Å². The molecule has 1 heterocycles. The molecule has 2 aromatic rings. The minimum absolute atomic E-state index is 0.121. The minimum atomic E-state index is -0.357. The molecule has 0 saturated carbocycles. The van der Waals surface area contributed by atoms with Crippen molar-refractivity contribution in [2.24, 2.45) is 0 Å². The summed E-state index contributed by atoms with van der Waals surface area (Å²) in [5.41, 5.74) is 0.908. The number of nitrogens with zero attached hydrogens (tertiary/aromatic N) is 2. The van der Waals surface area contributed by atoms with Crippen LogP contribution in [0.3, 0.4) is 0 Å². The second kappa shape index (κ2) is 5.42. The average Bonchev–Trinajstić information content (AvgIpc) is 2.86. The smallest absolute Gasteiger partial charge is 0.271 e. The van der Waals surface area contributed by atoms with Gasteiger partial charge in [0.25, 0.3) is 5.91 Å². The summed E-state index contributed by atoms with van der Waals surface area (Å²) in [6.45, 7) is 0.0622. The van der Waals surface area contributed by atoms with Crippen molar-refractivity contribution in [2.75, 3.05) is 13.2 Å². The van der Waals surface area contributed by atoms with E-state index >= 15 is 0 Å². The Morgan fingerprint density at radius 1 is 1.33 bits per heavy atom. The summed E-state index contributed by atoms with van der Waals surface area (Å²) in [7, 11) is 0. The molecule has 0 atom stereocenters. The molecule has 0 aliphatic carbocycles. The van der Waals surface area contributed by atoms with Crippen LogP contribution in [0, 0.1) is 5.82 Å². The average molecular weight is 249 g/mol. The molecule has 0 aliphatic rings. The molecule has 5 nitrogen and oxygen atoms in total. The third-order valence-electron chi connectivity index (χ3n) is 2.31. The number of nitrogens with one attached hydrogen (secondary N) is 1. The largest absolute Gasteiger partial charge is 0.395 e. The van der Waals surface area contributed by atoms with E-state index in [4.69, 9.17) is 5.11 Å². The summed E-state index contributed by atoms with van der Waals surface area (Å²) >= 11 is 0. The molecule has 18 heavy (non-hydrogen) atoms. The van der Waals surface area contributed by atoms with Crippen molar-refractivity contribution in [3.63, 3.8) is 0 Å². The number of carbonyl (C=O) groups excluding carboxylic acids is 1. The normalized spacial score (nSPS) is 10.3. The van der Waals surface area contributed by atoms with Gasteiger partial charge in [-0.25, -0.2) is 9.07 Å².